The van der Waals surface area contributed by atoms with E-state index in [1.165, 1.54) is 17.4 Å². The normalized spacial score (nSPS) is 11.1. The van der Waals surface area contributed by atoms with Crippen molar-refractivity contribution in [2.24, 2.45) is 0 Å². The number of thioether (sulfide) groups is 1. The van der Waals surface area contributed by atoms with E-state index in [2.05, 4.69) is 9.97 Å². The zero-order chi connectivity index (χ0) is 20.9. The van der Waals surface area contributed by atoms with Crippen molar-refractivity contribution >= 4 is 44.4 Å². The number of aryl methyl sites for hydroxylation is 1. The fourth-order valence-corrected chi connectivity index (χ4v) is 4.62. The molecule has 0 saturated heterocycles. The summed E-state index contributed by atoms with van der Waals surface area (Å²) in [4.78, 5) is 24.5. The lowest BCUT2D eigenvalue weighted by molar-refractivity contribution is -0.118. The number of fused-ring (bicyclic) bond motifs is 1. The van der Waals surface area contributed by atoms with Gasteiger partial charge in [-0.1, -0.05) is 29.5 Å². The lowest BCUT2D eigenvalue weighted by Gasteiger charge is -2.20. The third-order valence-corrected chi connectivity index (χ3v) is 6.55. The molecule has 0 fully saturated rings. The molecule has 0 bridgehead atoms. The molecule has 1 amide bonds. The fraction of sp³-hybridized carbons (Fsp3) is 0.227. The molecule has 0 atom stereocenters. The second-order valence-corrected chi connectivity index (χ2v) is 8.70. The van der Waals surface area contributed by atoms with Gasteiger partial charge in [-0.15, -0.1) is 11.8 Å². The van der Waals surface area contributed by atoms with Gasteiger partial charge in [0.15, 0.2) is 5.13 Å². The largest absolute Gasteiger partial charge is 0.337 e. The van der Waals surface area contributed by atoms with Crippen LogP contribution in [0.25, 0.3) is 10.2 Å². The number of rotatable bonds is 8. The van der Waals surface area contributed by atoms with Gasteiger partial charge in [-0.05, 0) is 42.5 Å². The summed E-state index contributed by atoms with van der Waals surface area (Å²) in [7, 11) is 0. The fourth-order valence-electron chi connectivity index (χ4n) is 3.19. The van der Waals surface area contributed by atoms with Crippen LogP contribution in [-0.2, 0) is 17.8 Å². The summed E-state index contributed by atoms with van der Waals surface area (Å²) in [6.07, 6.45) is 8.43. The smallest absolute Gasteiger partial charge is 0.233 e. The number of thiazole rings is 1. The Labute approximate surface area is 182 Å². The van der Waals surface area contributed by atoms with Crippen LogP contribution in [0.3, 0.4) is 0 Å². The molecule has 4 aromatic rings. The average molecular weight is 441 g/mol. The number of aromatic nitrogens is 3. The standard InChI is InChI=1S/C22H21FN4OS2/c1-29-17-8-6-16(7-9-17)14-20(28)27(12-3-11-26-13-10-24-15-26)22-25-21-18(23)4-2-5-19(21)30-22/h2,4-10,13,15H,3,11-12,14H2,1H3. The Bertz CT molecular complexity index is 1130. The number of carbonyl (C=O) groups is 1. The molecule has 2 aromatic heterocycles. The maximum atomic E-state index is 14.1. The summed E-state index contributed by atoms with van der Waals surface area (Å²) in [6, 6.07) is 12.9. The van der Waals surface area contributed by atoms with Crippen molar-refractivity contribution in [3.63, 3.8) is 0 Å². The van der Waals surface area contributed by atoms with Crippen LogP contribution >= 0.6 is 23.1 Å². The average Bonchev–Trinajstić information content (AvgIpc) is 3.42. The number of carbonyl (C=O) groups excluding carboxylic acids is 1. The van der Waals surface area contributed by atoms with Crippen molar-refractivity contribution in [2.45, 2.75) is 24.3 Å². The molecule has 0 radical (unpaired) electrons. The molecule has 0 spiro atoms. The molecule has 0 aliphatic carbocycles. The number of hydrogen-bond donors (Lipinski definition) is 0. The van der Waals surface area contributed by atoms with Crippen LogP contribution in [0, 0.1) is 5.82 Å². The van der Waals surface area contributed by atoms with Crippen LogP contribution in [0.5, 0.6) is 0 Å². The van der Waals surface area contributed by atoms with Crippen molar-refractivity contribution in [3.05, 3.63) is 72.6 Å². The molecule has 154 valence electrons. The van der Waals surface area contributed by atoms with Gasteiger partial charge < -0.3 is 4.57 Å². The van der Waals surface area contributed by atoms with Crippen LogP contribution < -0.4 is 4.90 Å². The van der Waals surface area contributed by atoms with Gasteiger partial charge in [0, 0.05) is 30.4 Å². The highest BCUT2D eigenvalue weighted by molar-refractivity contribution is 7.98. The van der Waals surface area contributed by atoms with E-state index in [-0.39, 0.29) is 18.1 Å². The summed E-state index contributed by atoms with van der Waals surface area (Å²) < 4.78 is 16.9. The van der Waals surface area contributed by atoms with Crippen molar-refractivity contribution in [2.75, 3.05) is 17.7 Å². The molecule has 2 heterocycles. The quantitative estimate of drug-likeness (QED) is 0.361. The molecule has 0 aliphatic rings. The van der Waals surface area contributed by atoms with E-state index >= 15 is 0 Å². The van der Waals surface area contributed by atoms with Gasteiger partial charge >= 0.3 is 0 Å². The van der Waals surface area contributed by atoms with Gasteiger partial charge in [0.2, 0.25) is 5.91 Å². The number of nitrogens with zero attached hydrogens (tertiary/aromatic N) is 4. The van der Waals surface area contributed by atoms with Gasteiger partial charge in [0.1, 0.15) is 11.3 Å². The lowest BCUT2D eigenvalue weighted by Crippen LogP contribution is -2.33. The molecule has 2 aromatic carbocycles. The van der Waals surface area contributed by atoms with Gasteiger partial charge in [-0.25, -0.2) is 14.4 Å². The SMILES string of the molecule is CSc1ccc(CC(=O)N(CCCn2ccnc2)c2nc3c(F)cccc3s2)cc1. The second-order valence-electron chi connectivity index (χ2n) is 6.81. The van der Waals surface area contributed by atoms with E-state index < -0.39 is 0 Å². The number of anilines is 1. The molecule has 0 N–H and O–H groups in total. The third kappa shape index (κ3) is 4.71. The predicted octanol–water partition coefficient (Wildman–Crippen LogP) is 5.02. The van der Waals surface area contributed by atoms with Crippen molar-refractivity contribution in [3.8, 4) is 0 Å². The minimum absolute atomic E-state index is 0.0444. The summed E-state index contributed by atoms with van der Waals surface area (Å²) in [5.74, 6) is -0.412. The topological polar surface area (TPSA) is 51.0 Å². The van der Waals surface area contributed by atoms with Crippen LogP contribution in [0.15, 0.2) is 66.1 Å². The number of halogens is 1. The second kappa shape index (κ2) is 9.40. The van der Waals surface area contributed by atoms with Crippen molar-refractivity contribution in [1.29, 1.82) is 0 Å². The molecule has 8 heteroatoms. The van der Waals surface area contributed by atoms with E-state index in [1.54, 1.807) is 35.3 Å². The van der Waals surface area contributed by atoms with Crippen molar-refractivity contribution < 1.29 is 9.18 Å². The Morgan fingerprint density at radius 1 is 1.23 bits per heavy atom. The van der Waals surface area contributed by atoms with Crippen LogP contribution in [0.4, 0.5) is 9.52 Å². The molecule has 0 unspecified atom stereocenters. The molecule has 0 saturated carbocycles. The van der Waals surface area contributed by atoms with Crippen LogP contribution in [0.2, 0.25) is 0 Å². The highest BCUT2D eigenvalue weighted by Gasteiger charge is 2.21. The maximum Gasteiger partial charge on any atom is 0.233 e. The van der Waals surface area contributed by atoms with Crippen molar-refractivity contribution in [1.82, 2.24) is 14.5 Å². The zero-order valence-electron chi connectivity index (χ0n) is 16.5. The third-order valence-electron chi connectivity index (χ3n) is 4.76. The Morgan fingerprint density at radius 2 is 2.07 bits per heavy atom. The van der Waals surface area contributed by atoms with E-state index in [4.69, 9.17) is 0 Å². The first kappa shape index (κ1) is 20.6. The number of imidazole rings is 1. The molecular formula is C22H21FN4OS2. The lowest BCUT2D eigenvalue weighted by atomic mass is 10.1. The highest BCUT2D eigenvalue weighted by atomic mass is 32.2. The summed E-state index contributed by atoms with van der Waals surface area (Å²) in [6.45, 7) is 1.24. The van der Waals surface area contributed by atoms with E-state index in [1.807, 2.05) is 47.4 Å². The molecule has 5 nitrogen and oxygen atoms in total. The molecule has 0 aliphatic heterocycles. The van der Waals surface area contributed by atoms with Crippen LogP contribution in [-0.4, -0.2) is 33.2 Å². The summed E-state index contributed by atoms with van der Waals surface area (Å²) in [5, 5.41) is 0.534. The van der Waals surface area contributed by atoms with E-state index in [9.17, 15) is 9.18 Å². The zero-order valence-corrected chi connectivity index (χ0v) is 18.1. The number of amides is 1. The summed E-state index contributed by atoms with van der Waals surface area (Å²) >= 11 is 3.01. The number of benzene rings is 2. The van der Waals surface area contributed by atoms with Gasteiger partial charge in [-0.3, -0.25) is 9.69 Å². The maximum absolute atomic E-state index is 14.1. The first-order valence-corrected chi connectivity index (χ1v) is 11.6. The Hall–Kier alpha value is -2.71. The predicted molar refractivity (Wildman–Crippen MR) is 121 cm³/mol. The minimum atomic E-state index is -0.367. The molecular weight excluding hydrogens is 419 g/mol. The number of para-hydroxylation sites is 1. The highest BCUT2D eigenvalue weighted by Crippen LogP contribution is 2.31. The molecule has 4 rings (SSSR count). The van der Waals surface area contributed by atoms with E-state index in [0.717, 1.165) is 28.1 Å². The first-order valence-electron chi connectivity index (χ1n) is 9.58. The minimum Gasteiger partial charge on any atom is -0.337 e. The Balaban J connectivity index is 1.56. The summed E-state index contributed by atoms with van der Waals surface area (Å²) in [5.41, 5.74) is 1.26. The number of hydrogen-bond acceptors (Lipinski definition) is 5. The van der Waals surface area contributed by atoms with Gasteiger partial charge in [0.25, 0.3) is 0 Å². The van der Waals surface area contributed by atoms with Gasteiger partial charge in [-0.2, -0.15) is 0 Å². The van der Waals surface area contributed by atoms with E-state index in [0.29, 0.717) is 17.2 Å². The first-order chi connectivity index (χ1) is 14.6. The monoisotopic (exact) mass is 440 g/mol. The Kier molecular flexibility index (Phi) is 6.44. The Morgan fingerprint density at radius 3 is 2.77 bits per heavy atom. The van der Waals surface area contributed by atoms with Gasteiger partial charge in [0.05, 0.1) is 17.4 Å². The molecule has 30 heavy (non-hydrogen) atoms. The van der Waals surface area contributed by atoms with Crippen LogP contribution in [0.1, 0.15) is 12.0 Å².